The minimum Gasteiger partial charge on any atom is -0.454 e. The maximum atomic E-state index is 5.72. The normalized spacial score (nSPS) is 23.4. The summed E-state index contributed by atoms with van der Waals surface area (Å²) in [4.78, 5) is 0. The number of rotatable bonds is 1. The first-order valence-corrected chi connectivity index (χ1v) is 5.57. The monoisotopic (exact) mass is 221 g/mol. The summed E-state index contributed by atoms with van der Waals surface area (Å²) in [5.74, 6) is 1.71. The van der Waals surface area contributed by atoms with Gasteiger partial charge in [0.2, 0.25) is 6.79 Å². The summed E-state index contributed by atoms with van der Waals surface area (Å²) >= 11 is 0. The van der Waals surface area contributed by atoms with Crippen molar-refractivity contribution in [1.82, 2.24) is 5.32 Å². The number of ether oxygens (including phenoxy) is 3. The molecule has 1 N–H and O–H groups in total. The molecule has 2 heterocycles. The van der Waals surface area contributed by atoms with E-state index in [1.807, 2.05) is 13.0 Å². The quantitative estimate of drug-likeness (QED) is 0.777. The van der Waals surface area contributed by atoms with E-state index in [4.69, 9.17) is 14.2 Å². The molecule has 0 radical (unpaired) electrons. The maximum absolute atomic E-state index is 5.72. The fraction of sp³-hybridized carbons (Fsp3) is 0.500. The van der Waals surface area contributed by atoms with Crippen LogP contribution < -0.4 is 14.8 Å². The number of hydrogen-bond donors (Lipinski definition) is 1. The van der Waals surface area contributed by atoms with Crippen molar-refractivity contribution in [3.8, 4) is 11.5 Å². The van der Waals surface area contributed by atoms with Gasteiger partial charge in [-0.1, -0.05) is 0 Å². The van der Waals surface area contributed by atoms with Gasteiger partial charge in [0.1, 0.15) is 0 Å². The number of aryl methyl sites for hydroxylation is 1. The van der Waals surface area contributed by atoms with Crippen LogP contribution in [-0.4, -0.2) is 26.5 Å². The predicted molar refractivity (Wildman–Crippen MR) is 58.9 cm³/mol. The second-order valence-corrected chi connectivity index (χ2v) is 4.14. The Morgan fingerprint density at radius 1 is 1.31 bits per heavy atom. The Bertz CT molecular complexity index is 399. The standard InChI is InChI=1S/C12H15NO3/c1-8-4-9(11-6-13-2-3-14-11)5-10-12(8)16-7-15-10/h4-5,11,13H,2-3,6-7H2,1H3. The minimum atomic E-state index is 0.127. The molecule has 0 bridgehead atoms. The van der Waals surface area contributed by atoms with Crippen LogP contribution in [0.1, 0.15) is 17.2 Å². The van der Waals surface area contributed by atoms with Gasteiger partial charge in [-0.05, 0) is 30.2 Å². The Morgan fingerprint density at radius 3 is 3.06 bits per heavy atom. The highest BCUT2D eigenvalue weighted by Crippen LogP contribution is 2.38. The third kappa shape index (κ3) is 1.64. The van der Waals surface area contributed by atoms with Crippen LogP contribution in [0, 0.1) is 6.92 Å². The van der Waals surface area contributed by atoms with E-state index in [0.29, 0.717) is 6.79 Å². The van der Waals surface area contributed by atoms with Gasteiger partial charge >= 0.3 is 0 Å². The Morgan fingerprint density at radius 2 is 2.25 bits per heavy atom. The Labute approximate surface area is 94.5 Å². The van der Waals surface area contributed by atoms with Crippen LogP contribution in [0.3, 0.4) is 0 Å². The van der Waals surface area contributed by atoms with Crippen LogP contribution in [-0.2, 0) is 4.74 Å². The second kappa shape index (κ2) is 3.96. The van der Waals surface area contributed by atoms with Gasteiger partial charge in [-0.15, -0.1) is 0 Å². The lowest BCUT2D eigenvalue weighted by Crippen LogP contribution is -2.33. The summed E-state index contributed by atoms with van der Waals surface area (Å²) in [6.07, 6.45) is 0.127. The molecule has 86 valence electrons. The Hall–Kier alpha value is -1.26. The van der Waals surface area contributed by atoms with Crippen molar-refractivity contribution in [1.29, 1.82) is 0 Å². The average Bonchev–Trinajstić information content (AvgIpc) is 2.79. The van der Waals surface area contributed by atoms with Crippen molar-refractivity contribution in [2.75, 3.05) is 26.5 Å². The molecule has 0 amide bonds. The first-order chi connectivity index (χ1) is 7.84. The topological polar surface area (TPSA) is 39.7 Å². The van der Waals surface area contributed by atoms with E-state index >= 15 is 0 Å². The molecule has 3 rings (SSSR count). The van der Waals surface area contributed by atoms with E-state index in [-0.39, 0.29) is 6.10 Å². The Kier molecular flexibility index (Phi) is 2.46. The summed E-state index contributed by atoms with van der Waals surface area (Å²) in [7, 11) is 0. The summed E-state index contributed by atoms with van der Waals surface area (Å²) in [5.41, 5.74) is 2.27. The van der Waals surface area contributed by atoms with Crippen LogP contribution in [0.4, 0.5) is 0 Å². The summed E-state index contributed by atoms with van der Waals surface area (Å²) in [6.45, 7) is 4.91. The van der Waals surface area contributed by atoms with E-state index in [2.05, 4.69) is 11.4 Å². The SMILES string of the molecule is Cc1cc(C2CNCCO2)cc2c1OCO2. The fourth-order valence-electron chi connectivity index (χ4n) is 2.18. The van der Waals surface area contributed by atoms with Gasteiger partial charge in [-0.2, -0.15) is 0 Å². The first-order valence-electron chi connectivity index (χ1n) is 5.57. The first kappa shape index (κ1) is 9.93. The molecule has 0 aromatic heterocycles. The van der Waals surface area contributed by atoms with Crippen LogP contribution in [0.2, 0.25) is 0 Å². The average molecular weight is 221 g/mol. The number of nitrogens with one attached hydrogen (secondary N) is 1. The lowest BCUT2D eigenvalue weighted by atomic mass is 10.0. The minimum absolute atomic E-state index is 0.127. The van der Waals surface area contributed by atoms with Crippen molar-refractivity contribution in [3.63, 3.8) is 0 Å². The van der Waals surface area contributed by atoms with E-state index < -0.39 is 0 Å². The molecule has 1 unspecified atom stereocenters. The third-order valence-electron chi connectivity index (χ3n) is 2.98. The molecule has 1 saturated heterocycles. The predicted octanol–water partition coefficient (Wildman–Crippen LogP) is 1.38. The molecule has 2 aliphatic heterocycles. The van der Waals surface area contributed by atoms with Gasteiger partial charge in [-0.3, -0.25) is 0 Å². The second-order valence-electron chi connectivity index (χ2n) is 4.14. The molecular weight excluding hydrogens is 206 g/mol. The van der Waals surface area contributed by atoms with Crippen molar-refractivity contribution >= 4 is 0 Å². The van der Waals surface area contributed by atoms with Gasteiger partial charge in [-0.25, -0.2) is 0 Å². The molecule has 0 aliphatic carbocycles. The fourth-order valence-corrected chi connectivity index (χ4v) is 2.18. The summed E-state index contributed by atoms with van der Waals surface area (Å²) in [6, 6.07) is 4.14. The van der Waals surface area contributed by atoms with Crippen LogP contribution in [0.15, 0.2) is 12.1 Å². The van der Waals surface area contributed by atoms with E-state index in [0.717, 1.165) is 42.3 Å². The van der Waals surface area contributed by atoms with Crippen LogP contribution in [0.5, 0.6) is 11.5 Å². The zero-order chi connectivity index (χ0) is 11.0. The summed E-state index contributed by atoms with van der Waals surface area (Å²) < 4.78 is 16.5. The van der Waals surface area contributed by atoms with Crippen molar-refractivity contribution < 1.29 is 14.2 Å². The third-order valence-corrected chi connectivity index (χ3v) is 2.98. The number of benzene rings is 1. The van der Waals surface area contributed by atoms with Crippen LogP contribution in [0.25, 0.3) is 0 Å². The molecule has 1 aromatic rings. The van der Waals surface area contributed by atoms with Crippen LogP contribution >= 0.6 is 0 Å². The number of hydrogen-bond acceptors (Lipinski definition) is 4. The molecule has 0 saturated carbocycles. The van der Waals surface area contributed by atoms with Gasteiger partial charge < -0.3 is 19.5 Å². The highest BCUT2D eigenvalue weighted by Gasteiger charge is 2.22. The molecule has 0 spiro atoms. The summed E-state index contributed by atoms with van der Waals surface area (Å²) in [5, 5.41) is 3.32. The molecule has 2 aliphatic rings. The van der Waals surface area contributed by atoms with E-state index in [9.17, 15) is 0 Å². The van der Waals surface area contributed by atoms with Crippen molar-refractivity contribution in [2.45, 2.75) is 13.0 Å². The van der Waals surface area contributed by atoms with E-state index in [1.54, 1.807) is 0 Å². The van der Waals surface area contributed by atoms with Gasteiger partial charge in [0.15, 0.2) is 11.5 Å². The molecule has 4 heteroatoms. The number of fused-ring (bicyclic) bond motifs is 1. The molecule has 1 atom stereocenters. The highest BCUT2D eigenvalue weighted by atomic mass is 16.7. The smallest absolute Gasteiger partial charge is 0.231 e. The maximum Gasteiger partial charge on any atom is 0.231 e. The van der Waals surface area contributed by atoms with Gasteiger partial charge in [0.25, 0.3) is 0 Å². The largest absolute Gasteiger partial charge is 0.454 e. The molecule has 1 fully saturated rings. The molecule has 16 heavy (non-hydrogen) atoms. The van der Waals surface area contributed by atoms with E-state index in [1.165, 1.54) is 0 Å². The van der Waals surface area contributed by atoms with Gasteiger partial charge in [0.05, 0.1) is 12.7 Å². The zero-order valence-corrected chi connectivity index (χ0v) is 9.29. The number of morpholine rings is 1. The van der Waals surface area contributed by atoms with Gasteiger partial charge in [0, 0.05) is 13.1 Å². The van der Waals surface area contributed by atoms with Crippen molar-refractivity contribution in [3.05, 3.63) is 23.3 Å². The van der Waals surface area contributed by atoms with Crippen molar-refractivity contribution in [2.24, 2.45) is 0 Å². The molecule has 4 nitrogen and oxygen atoms in total. The molecular formula is C12H15NO3. The lowest BCUT2D eigenvalue weighted by molar-refractivity contribution is 0.0275. The molecule has 1 aromatic carbocycles. The highest BCUT2D eigenvalue weighted by molar-refractivity contribution is 5.50. The Balaban J connectivity index is 1.92. The zero-order valence-electron chi connectivity index (χ0n) is 9.29. The lowest BCUT2D eigenvalue weighted by Gasteiger charge is -2.24.